The quantitative estimate of drug-likeness (QED) is 0.900. The minimum absolute atomic E-state index is 0.0525. The predicted molar refractivity (Wildman–Crippen MR) is 95.1 cm³/mol. The number of nitrogens with one attached hydrogen (secondary N) is 1. The SMILES string of the molecule is CC(CN1CCN(C)CC1)NCc1ccc2c(c1)CC(C)(C)O2. The summed E-state index contributed by atoms with van der Waals surface area (Å²) in [6.07, 6.45) is 1.01. The molecular formula is C19H31N3O. The molecule has 128 valence electrons. The van der Waals surface area contributed by atoms with Gasteiger partial charge in [-0.3, -0.25) is 4.90 Å². The van der Waals surface area contributed by atoms with Crippen LogP contribution in [0.15, 0.2) is 18.2 Å². The molecule has 0 radical (unpaired) electrons. The molecule has 3 rings (SSSR count). The summed E-state index contributed by atoms with van der Waals surface area (Å²) in [6, 6.07) is 7.14. The van der Waals surface area contributed by atoms with Gasteiger partial charge in [-0.2, -0.15) is 0 Å². The zero-order valence-corrected chi connectivity index (χ0v) is 15.1. The van der Waals surface area contributed by atoms with Crippen LogP contribution in [0.25, 0.3) is 0 Å². The van der Waals surface area contributed by atoms with Crippen molar-refractivity contribution in [2.24, 2.45) is 0 Å². The first-order valence-electron chi connectivity index (χ1n) is 8.86. The normalized spacial score (nSPS) is 22.6. The van der Waals surface area contributed by atoms with Gasteiger partial charge in [-0.05, 0) is 45.0 Å². The number of hydrogen-bond acceptors (Lipinski definition) is 4. The van der Waals surface area contributed by atoms with Gasteiger partial charge in [0, 0.05) is 51.7 Å². The number of piperazine rings is 1. The summed E-state index contributed by atoms with van der Waals surface area (Å²) >= 11 is 0. The zero-order chi connectivity index (χ0) is 16.4. The highest BCUT2D eigenvalue weighted by Gasteiger charge is 2.29. The van der Waals surface area contributed by atoms with Crippen LogP contribution in [-0.4, -0.2) is 61.2 Å². The maximum atomic E-state index is 5.95. The molecule has 2 aliphatic rings. The summed E-state index contributed by atoms with van der Waals surface area (Å²) in [5, 5.41) is 3.67. The van der Waals surface area contributed by atoms with Gasteiger partial charge in [0.05, 0.1) is 0 Å². The summed E-state index contributed by atoms with van der Waals surface area (Å²) in [5.74, 6) is 1.06. The summed E-state index contributed by atoms with van der Waals surface area (Å²) in [5.41, 5.74) is 2.65. The number of fused-ring (bicyclic) bond motifs is 1. The van der Waals surface area contributed by atoms with Crippen molar-refractivity contribution in [1.29, 1.82) is 0 Å². The molecule has 1 aromatic carbocycles. The molecule has 0 bridgehead atoms. The van der Waals surface area contributed by atoms with E-state index in [9.17, 15) is 0 Å². The van der Waals surface area contributed by atoms with E-state index in [-0.39, 0.29) is 5.60 Å². The molecule has 0 saturated carbocycles. The van der Waals surface area contributed by atoms with Gasteiger partial charge in [0.15, 0.2) is 0 Å². The molecule has 1 fully saturated rings. The van der Waals surface area contributed by atoms with E-state index in [1.54, 1.807) is 0 Å². The number of benzene rings is 1. The van der Waals surface area contributed by atoms with Crippen LogP contribution < -0.4 is 10.1 Å². The first-order valence-corrected chi connectivity index (χ1v) is 8.86. The van der Waals surface area contributed by atoms with Crippen LogP contribution in [0.5, 0.6) is 5.75 Å². The molecule has 0 spiro atoms. The second kappa shape index (κ2) is 6.80. The van der Waals surface area contributed by atoms with Crippen molar-refractivity contribution in [3.63, 3.8) is 0 Å². The molecule has 4 heteroatoms. The van der Waals surface area contributed by atoms with Gasteiger partial charge in [-0.25, -0.2) is 0 Å². The standard InChI is InChI=1S/C19H31N3O/c1-15(14-22-9-7-21(4)8-10-22)20-13-16-5-6-18-17(11-16)12-19(2,3)23-18/h5-6,11,15,20H,7-10,12-14H2,1-4H3. The zero-order valence-electron chi connectivity index (χ0n) is 15.1. The number of hydrogen-bond donors (Lipinski definition) is 1. The molecule has 1 N–H and O–H groups in total. The van der Waals surface area contributed by atoms with Crippen LogP contribution in [0.1, 0.15) is 31.9 Å². The Kier molecular flexibility index (Phi) is 4.95. The smallest absolute Gasteiger partial charge is 0.123 e. The molecule has 0 amide bonds. The van der Waals surface area contributed by atoms with Crippen molar-refractivity contribution < 1.29 is 4.74 Å². The third-order valence-corrected chi connectivity index (χ3v) is 4.91. The lowest BCUT2D eigenvalue weighted by Crippen LogP contribution is -2.48. The number of nitrogens with zero attached hydrogens (tertiary/aromatic N) is 2. The molecular weight excluding hydrogens is 286 g/mol. The molecule has 23 heavy (non-hydrogen) atoms. The van der Waals surface area contributed by atoms with E-state index < -0.39 is 0 Å². The van der Waals surface area contributed by atoms with Crippen molar-refractivity contribution in [3.05, 3.63) is 29.3 Å². The highest BCUT2D eigenvalue weighted by atomic mass is 16.5. The van der Waals surface area contributed by atoms with Crippen LogP contribution in [0.4, 0.5) is 0 Å². The Morgan fingerprint density at radius 1 is 1.22 bits per heavy atom. The van der Waals surface area contributed by atoms with Crippen molar-refractivity contribution in [2.45, 2.75) is 45.4 Å². The van der Waals surface area contributed by atoms with E-state index in [4.69, 9.17) is 4.74 Å². The van der Waals surface area contributed by atoms with E-state index in [1.165, 1.54) is 37.3 Å². The lowest BCUT2D eigenvalue weighted by atomic mass is 10.0. The van der Waals surface area contributed by atoms with Gasteiger partial charge >= 0.3 is 0 Å². The molecule has 1 unspecified atom stereocenters. The monoisotopic (exact) mass is 317 g/mol. The van der Waals surface area contributed by atoms with E-state index in [0.717, 1.165) is 25.3 Å². The summed E-state index contributed by atoms with van der Waals surface area (Å²) in [7, 11) is 2.21. The number of rotatable bonds is 5. The number of ether oxygens (including phenoxy) is 1. The van der Waals surface area contributed by atoms with Gasteiger partial charge in [0.25, 0.3) is 0 Å². The van der Waals surface area contributed by atoms with Gasteiger partial charge in [0.2, 0.25) is 0 Å². The number of likely N-dealkylation sites (N-methyl/N-ethyl adjacent to an activating group) is 1. The van der Waals surface area contributed by atoms with Crippen LogP contribution in [0, 0.1) is 0 Å². The van der Waals surface area contributed by atoms with Crippen LogP contribution in [0.2, 0.25) is 0 Å². The molecule has 1 aromatic rings. The Labute approximate surface area is 140 Å². The molecule has 1 saturated heterocycles. The van der Waals surface area contributed by atoms with E-state index >= 15 is 0 Å². The van der Waals surface area contributed by atoms with Gasteiger partial charge in [-0.1, -0.05) is 12.1 Å². The van der Waals surface area contributed by atoms with Crippen molar-refractivity contribution in [1.82, 2.24) is 15.1 Å². The molecule has 0 aromatic heterocycles. The van der Waals surface area contributed by atoms with E-state index in [1.807, 2.05) is 0 Å². The Morgan fingerprint density at radius 2 is 1.96 bits per heavy atom. The minimum atomic E-state index is -0.0525. The van der Waals surface area contributed by atoms with Gasteiger partial charge in [-0.15, -0.1) is 0 Å². The second-order valence-corrected chi connectivity index (χ2v) is 7.87. The fourth-order valence-corrected chi connectivity index (χ4v) is 3.55. The van der Waals surface area contributed by atoms with E-state index in [0.29, 0.717) is 6.04 Å². The lowest BCUT2D eigenvalue weighted by Gasteiger charge is -2.34. The topological polar surface area (TPSA) is 27.7 Å². The molecule has 4 nitrogen and oxygen atoms in total. The highest BCUT2D eigenvalue weighted by molar-refractivity contribution is 5.41. The van der Waals surface area contributed by atoms with Crippen LogP contribution >= 0.6 is 0 Å². The average molecular weight is 317 g/mol. The van der Waals surface area contributed by atoms with Crippen molar-refractivity contribution in [2.75, 3.05) is 39.8 Å². The maximum Gasteiger partial charge on any atom is 0.123 e. The molecule has 2 aliphatic heterocycles. The Hall–Kier alpha value is -1.10. The third-order valence-electron chi connectivity index (χ3n) is 4.91. The first-order chi connectivity index (χ1) is 10.9. The van der Waals surface area contributed by atoms with Crippen molar-refractivity contribution >= 4 is 0 Å². The summed E-state index contributed by atoms with van der Waals surface area (Å²) in [6.45, 7) is 13.4. The summed E-state index contributed by atoms with van der Waals surface area (Å²) in [4.78, 5) is 4.97. The fraction of sp³-hybridized carbons (Fsp3) is 0.684. The van der Waals surface area contributed by atoms with E-state index in [2.05, 4.69) is 61.1 Å². The third kappa shape index (κ3) is 4.46. The van der Waals surface area contributed by atoms with Gasteiger partial charge in [0.1, 0.15) is 11.4 Å². The first kappa shape index (κ1) is 16.7. The predicted octanol–water partition coefficient (Wildman–Crippen LogP) is 2.13. The Balaban J connectivity index is 1.47. The highest BCUT2D eigenvalue weighted by Crippen LogP contribution is 2.35. The van der Waals surface area contributed by atoms with Crippen LogP contribution in [-0.2, 0) is 13.0 Å². The van der Waals surface area contributed by atoms with Crippen LogP contribution in [0.3, 0.4) is 0 Å². The molecule has 0 aliphatic carbocycles. The Bertz CT molecular complexity index is 535. The molecule has 1 atom stereocenters. The Morgan fingerprint density at radius 3 is 2.70 bits per heavy atom. The second-order valence-electron chi connectivity index (χ2n) is 7.87. The van der Waals surface area contributed by atoms with Crippen molar-refractivity contribution in [3.8, 4) is 5.75 Å². The largest absolute Gasteiger partial charge is 0.487 e. The van der Waals surface area contributed by atoms with Gasteiger partial charge < -0.3 is 15.0 Å². The average Bonchev–Trinajstić information content (AvgIpc) is 2.80. The minimum Gasteiger partial charge on any atom is -0.487 e. The lowest BCUT2D eigenvalue weighted by molar-refractivity contribution is 0.138. The fourth-order valence-electron chi connectivity index (χ4n) is 3.55. The molecule has 2 heterocycles. The maximum absolute atomic E-state index is 5.95. The summed E-state index contributed by atoms with van der Waals surface area (Å²) < 4.78 is 5.95.